The first-order valence-electron chi connectivity index (χ1n) is 7.95. The molecule has 1 saturated heterocycles. The van der Waals surface area contributed by atoms with Crippen molar-refractivity contribution >= 4 is 45.2 Å². The number of aromatic nitrogens is 1. The van der Waals surface area contributed by atoms with Crippen LogP contribution in [0.4, 0.5) is 0 Å². The number of amides is 1. The number of benzene rings is 1. The standard InChI is InChI=1S/C19H20BrN3OS/c1-11-8-15(6-7-16(11)20)23-12(2)9-14(13(23)3)10-17-18(24)22(5)19(25)21(17)4/h6-10H,1-5H3/b17-10+. The summed E-state index contributed by atoms with van der Waals surface area (Å²) in [7, 11) is 3.53. The summed E-state index contributed by atoms with van der Waals surface area (Å²) in [6.45, 7) is 6.22. The van der Waals surface area contributed by atoms with Gasteiger partial charge in [0.1, 0.15) is 5.70 Å². The monoisotopic (exact) mass is 417 g/mol. The van der Waals surface area contributed by atoms with Crippen LogP contribution in [0, 0.1) is 20.8 Å². The van der Waals surface area contributed by atoms with Crippen molar-refractivity contribution in [1.82, 2.24) is 14.4 Å². The topological polar surface area (TPSA) is 28.5 Å². The van der Waals surface area contributed by atoms with Gasteiger partial charge in [0.05, 0.1) is 0 Å². The van der Waals surface area contributed by atoms with Crippen LogP contribution in [0.1, 0.15) is 22.5 Å². The van der Waals surface area contributed by atoms with Gasteiger partial charge in [-0.15, -0.1) is 0 Å². The van der Waals surface area contributed by atoms with Gasteiger partial charge in [-0.3, -0.25) is 9.69 Å². The Balaban J connectivity index is 2.09. The van der Waals surface area contributed by atoms with E-state index in [0.717, 1.165) is 27.1 Å². The molecule has 2 aromatic rings. The molecular weight excluding hydrogens is 398 g/mol. The number of aryl methyl sites for hydroxylation is 2. The smallest absolute Gasteiger partial charge is 0.276 e. The first-order chi connectivity index (χ1) is 11.7. The Hall–Kier alpha value is -1.92. The number of rotatable bonds is 2. The molecule has 0 atom stereocenters. The van der Waals surface area contributed by atoms with Crippen molar-refractivity contribution in [2.24, 2.45) is 0 Å². The molecule has 1 aliphatic heterocycles. The normalized spacial score (nSPS) is 16.5. The highest BCUT2D eigenvalue weighted by molar-refractivity contribution is 9.10. The molecule has 0 aliphatic carbocycles. The Morgan fingerprint density at radius 2 is 1.76 bits per heavy atom. The minimum Gasteiger partial charge on any atom is -0.318 e. The minimum atomic E-state index is -0.0724. The summed E-state index contributed by atoms with van der Waals surface area (Å²) in [5, 5.41) is 0.522. The summed E-state index contributed by atoms with van der Waals surface area (Å²) in [6.07, 6.45) is 1.92. The molecule has 0 N–H and O–H groups in total. The second-order valence-corrected chi connectivity index (χ2v) is 7.55. The highest BCUT2D eigenvalue weighted by Gasteiger charge is 2.33. The third-order valence-electron chi connectivity index (χ3n) is 4.62. The molecule has 4 nitrogen and oxygen atoms in total. The molecule has 1 fully saturated rings. The third-order valence-corrected chi connectivity index (χ3v) is 6.06. The maximum atomic E-state index is 12.4. The molecule has 1 amide bonds. The number of thiocarbonyl (C=S) groups is 1. The van der Waals surface area contributed by atoms with Gasteiger partial charge in [0.2, 0.25) is 0 Å². The van der Waals surface area contributed by atoms with Crippen LogP contribution in [0.3, 0.4) is 0 Å². The maximum absolute atomic E-state index is 12.4. The van der Waals surface area contributed by atoms with E-state index in [4.69, 9.17) is 12.2 Å². The number of nitrogens with zero attached hydrogens (tertiary/aromatic N) is 3. The molecule has 0 radical (unpaired) electrons. The lowest BCUT2D eigenvalue weighted by Gasteiger charge is -2.12. The number of carbonyl (C=O) groups is 1. The summed E-state index contributed by atoms with van der Waals surface area (Å²) >= 11 is 8.83. The predicted molar refractivity (Wildman–Crippen MR) is 109 cm³/mol. The Labute approximate surface area is 161 Å². The van der Waals surface area contributed by atoms with E-state index < -0.39 is 0 Å². The molecule has 0 saturated carbocycles. The minimum absolute atomic E-state index is 0.0724. The van der Waals surface area contributed by atoms with E-state index in [2.05, 4.69) is 65.5 Å². The Morgan fingerprint density at radius 1 is 1.08 bits per heavy atom. The van der Waals surface area contributed by atoms with Gasteiger partial charge < -0.3 is 9.47 Å². The van der Waals surface area contributed by atoms with E-state index >= 15 is 0 Å². The van der Waals surface area contributed by atoms with E-state index in [1.807, 2.05) is 13.1 Å². The Kier molecular flexibility index (Phi) is 4.60. The first-order valence-corrected chi connectivity index (χ1v) is 9.15. The van der Waals surface area contributed by atoms with Gasteiger partial charge in [-0.2, -0.15) is 0 Å². The molecule has 0 unspecified atom stereocenters. The lowest BCUT2D eigenvalue weighted by Crippen LogP contribution is -2.26. The van der Waals surface area contributed by atoms with Crippen molar-refractivity contribution in [3.05, 3.63) is 56.9 Å². The highest BCUT2D eigenvalue weighted by Crippen LogP contribution is 2.27. The van der Waals surface area contributed by atoms with Crippen molar-refractivity contribution in [3.8, 4) is 5.69 Å². The van der Waals surface area contributed by atoms with Gasteiger partial charge in [0, 0.05) is 35.6 Å². The molecular formula is C19H20BrN3OS. The molecule has 25 heavy (non-hydrogen) atoms. The third kappa shape index (κ3) is 2.93. The van der Waals surface area contributed by atoms with Crippen LogP contribution < -0.4 is 0 Å². The Morgan fingerprint density at radius 3 is 2.32 bits per heavy atom. The number of halogens is 1. The van der Waals surface area contributed by atoms with Crippen LogP contribution in [-0.2, 0) is 4.79 Å². The zero-order chi connectivity index (χ0) is 18.5. The van der Waals surface area contributed by atoms with Crippen LogP contribution in [0.15, 0.2) is 34.4 Å². The molecule has 2 heterocycles. The highest BCUT2D eigenvalue weighted by atomic mass is 79.9. The van der Waals surface area contributed by atoms with Crippen molar-refractivity contribution < 1.29 is 4.79 Å². The molecule has 3 rings (SSSR count). The fourth-order valence-corrected chi connectivity index (χ4v) is 3.56. The summed E-state index contributed by atoms with van der Waals surface area (Å²) in [5.41, 5.74) is 6.12. The van der Waals surface area contributed by atoms with Crippen molar-refractivity contribution in [2.45, 2.75) is 20.8 Å². The summed E-state index contributed by atoms with van der Waals surface area (Å²) in [5.74, 6) is -0.0724. The average Bonchev–Trinajstić information content (AvgIpc) is 2.94. The fourth-order valence-electron chi connectivity index (χ4n) is 3.14. The molecule has 130 valence electrons. The lowest BCUT2D eigenvalue weighted by atomic mass is 10.2. The van der Waals surface area contributed by atoms with E-state index in [1.165, 1.54) is 10.5 Å². The zero-order valence-electron chi connectivity index (χ0n) is 14.9. The zero-order valence-corrected chi connectivity index (χ0v) is 17.3. The summed E-state index contributed by atoms with van der Waals surface area (Å²) in [4.78, 5) is 15.7. The molecule has 6 heteroatoms. The SMILES string of the molecule is Cc1cc(-n2c(C)cc(/C=C3\C(=O)N(C)C(=S)N3C)c2C)ccc1Br. The van der Waals surface area contributed by atoms with Gasteiger partial charge in [0.15, 0.2) is 5.11 Å². The van der Waals surface area contributed by atoms with Crippen LogP contribution in [0.25, 0.3) is 11.8 Å². The molecule has 1 aliphatic rings. The van der Waals surface area contributed by atoms with E-state index in [0.29, 0.717) is 10.8 Å². The largest absolute Gasteiger partial charge is 0.318 e. The van der Waals surface area contributed by atoms with Crippen molar-refractivity contribution in [2.75, 3.05) is 14.1 Å². The van der Waals surface area contributed by atoms with E-state index in [9.17, 15) is 4.79 Å². The molecule has 0 spiro atoms. The van der Waals surface area contributed by atoms with Gasteiger partial charge >= 0.3 is 0 Å². The van der Waals surface area contributed by atoms with E-state index in [-0.39, 0.29) is 5.91 Å². The number of hydrogen-bond acceptors (Lipinski definition) is 2. The Bertz CT molecular complexity index is 929. The summed E-state index contributed by atoms with van der Waals surface area (Å²) < 4.78 is 3.29. The fraction of sp³-hybridized carbons (Fsp3) is 0.263. The van der Waals surface area contributed by atoms with Gasteiger partial charge in [0.25, 0.3) is 5.91 Å². The van der Waals surface area contributed by atoms with Gasteiger partial charge in [-0.25, -0.2) is 0 Å². The second kappa shape index (κ2) is 6.42. The van der Waals surface area contributed by atoms with Crippen LogP contribution in [0.5, 0.6) is 0 Å². The summed E-state index contributed by atoms with van der Waals surface area (Å²) in [6, 6.07) is 8.39. The molecule has 0 bridgehead atoms. The van der Waals surface area contributed by atoms with Gasteiger partial charge in [-0.05, 0) is 74.5 Å². The second-order valence-electron chi connectivity index (χ2n) is 6.33. The van der Waals surface area contributed by atoms with E-state index in [1.54, 1.807) is 11.9 Å². The van der Waals surface area contributed by atoms with Crippen molar-refractivity contribution in [3.63, 3.8) is 0 Å². The number of hydrogen-bond donors (Lipinski definition) is 0. The number of carbonyl (C=O) groups excluding carboxylic acids is 1. The van der Waals surface area contributed by atoms with Crippen LogP contribution in [-0.4, -0.2) is 39.5 Å². The molecule has 1 aromatic heterocycles. The van der Waals surface area contributed by atoms with Crippen molar-refractivity contribution in [1.29, 1.82) is 0 Å². The first kappa shape index (κ1) is 17.9. The number of likely N-dealkylation sites (N-methyl/N-ethyl adjacent to an activating group) is 2. The lowest BCUT2D eigenvalue weighted by molar-refractivity contribution is -0.121. The quantitative estimate of drug-likeness (QED) is 0.541. The van der Waals surface area contributed by atoms with Gasteiger partial charge in [-0.1, -0.05) is 15.9 Å². The maximum Gasteiger partial charge on any atom is 0.276 e. The predicted octanol–water partition coefficient (Wildman–Crippen LogP) is 4.19. The average molecular weight is 418 g/mol. The van der Waals surface area contributed by atoms with Crippen LogP contribution in [0.2, 0.25) is 0 Å². The van der Waals surface area contributed by atoms with Crippen LogP contribution >= 0.6 is 28.1 Å². The molecule has 1 aromatic carbocycles.